The topological polar surface area (TPSA) is 56.2 Å². The molecule has 1 aliphatic rings. The molecule has 1 aromatic carbocycles. The van der Waals surface area contributed by atoms with Crippen LogP contribution in [0.4, 0.5) is 0 Å². The molecule has 1 N–H and O–H groups in total. The van der Waals surface area contributed by atoms with Gasteiger partial charge in [0.1, 0.15) is 12.4 Å². The minimum Gasteiger partial charge on any atom is -0.367 e. The zero-order chi connectivity index (χ0) is 16.1. The van der Waals surface area contributed by atoms with Crippen LogP contribution in [0.1, 0.15) is 35.8 Å². The molecule has 3 rings (SSSR count). The molecule has 5 heteroatoms. The highest BCUT2D eigenvalue weighted by Crippen LogP contribution is 2.39. The minimum atomic E-state index is -0.0772. The van der Waals surface area contributed by atoms with Crippen molar-refractivity contribution in [2.45, 2.75) is 38.8 Å². The number of ether oxygens (including phenoxy) is 1. The van der Waals surface area contributed by atoms with Crippen LogP contribution in [0.15, 0.2) is 36.5 Å². The highest BCUT2D eigenvalue weighted by molar-refractivity contribution is 5.77. The van der Waals surface area contributed by atoms with E-state index in [0.29, 0.717) is 19.1 Å². The number of benzene rings is 1. The van der Waals surface area contributed by atoms with Crippen LogP contribution in [0.2, 0.25) is 0 Å². The molecular formula is C18H23N3O2. The number of rotatable bonds is 8. The van der Waals surface area contributed by atoms with Gasteiger partial charge in [0.05, 0.1) is 6.61 Å². The van der Waals surface area contributed by atoms with E-state index in [0.717, 1.165) is 23.6 Å². The molecule has 0 aliphatic heterocycles. The van der Waals surface area contributed by atoms with Crippen LogP contribution in [0.5, 0.6) is 0 Å². The van der Waals surface area contributed by atoms with Gasteiger partial charge in [-0.1, -0.05) is 30.3 Å². The van der Waals surface area contributed by atoms with Gasteiger partial charge in [0.15, 0.2) is 0 Å². The van der Waals surface area contributed by atoms with Crippen LogP contribution >= 0.6 is 0 Å². The molecule has 1 amide bonds. The van der Waals surface area contributed by atoms with Crippen molar-refractivity contribution in [3.63, 3.8) is 0 Å². The molecular weight excluding hydrogens is 290 g/mol. The van der Waals surface area contributed by atoms with E-state index in [-0.39, 0.29) is 12.5 Å². The third-order valence-corrected chi connectivity index (χ3v) is 4.03. The Morgan fingerprint density at radius 1 is 1.35 bits per heavy atom. The average Bonchev–Trinajstić information content (AvgIpc) is 3.33. The van der Waals surface area contributed by atoms with Gasteiger partial charge < -0.3 is 14.6 Å². The Kier molecular flexibility index (Phi) is 5.08. The fraction of sp³-hybridized carbons (Fsp3) is 0.444. The number of imidazole rings is 1. The maximum Gasteiger partial charge on any atom is 0.246 e. The van der Waals surface area contributed by atoms with E-state index in [9.17, 15) is 4.79 Å². The van der Waals surface area contributed by atoms with Gasteiger partial charge in [-0.3, -0.25) is 4.79 Å². The Bertz CT molecular complexity index is 648. The zero-order valence-corrected chi connectivity index (χ0v) is 13.5. The molecule has 1 heterocycles. The smallest absolute Gasteiger partial charge is 0.246 e. The first-order valence-corrected chi connectivity index (χ1v) is 8.14. The summed E-state index contributed by atoms with van der Waals surface area (Å²) in [5.41, 5.74) is 2.23. The number of hydrogen-bond acceptors (Lipinski definition) is 3. The monoisotopic (exact) mass is 313 g/mol. The van der Waals surface area contributed by atoms with E-state index in [2.05, 4.69) is 21.8 Å². The van der Waals surface area contributed by atoms with E-state index in [1.54, 1.807) is 0 Å². The van der Waals surface area contributed by atoms with Gasteiger partial charge in [0.2, 0.25) is 5.91 Å². The van der Waals surface area contributed by atoms with Gasteiger partial charge in [-0.25, -0.2) is 4.98 Å². The lowest BCUT2D eigenvalue weighted by molar-refractivity contribution is -0.126. The number of aromatic nitrogens is 2. The lowest BCUT2D eigenvalue weighted by Crippen LogP contribution is -2.31. The molecule has 2 aromatic rings. The Labute approximate surface area is 136 Å². The molecule has 0 bridgehead atoms. The van der Waals surface area contributed by atoms with E-state index >= 15 is 0 Å². The molecule has 0 spiro atoms. The highest BCUT2D eigenvalue weighted by Gasteiger charge is 2.28. The lowest BCUT2D eigenvalue weighted by Gasteiger charge is -2.11. The fourth-order valence-corrected chi connectivity index (χ4v) is 2.63. The quantitative estimate of drug-likeness (QED) is 0.814. The Hall–Kier alpha value is -2.14. The Balaban J connectivity index is 1.37. The van der Waals surface area contributed by atoms with E-state index in [4.69, 9.17) is 4.74 Å². The highest BCUT2D eigenvalue weighted by atomic mass is 16.5. The van der Waals surface area contributed by atoms with Crippen LogP contribution in [0.25, 0.3) is 0 Å². The van der Waals surface area contributed by atoms with Crippen molar-refractivity contribution < 1.29 is 9.53 Å². The van der Waals surface area contributed by atoms with Crippen molar-refractivity contribution in [2.75, 3.05) is 13.2 Å². The first kappa shape index (κ1) is 15.7. The Morgan fingerprint density at radius 3 is 2.87 bits per heavy atom. The molecule has 1 fully saturated rings. The molecule has 23 heavy (non-hydrogen) atoms. The van der Waals surface area contributed by atoms with Crippen LogP contribution in [-0.2, 0) is 22.7 Å². The van der Waals surface area contributed by atoms with Gasteiger partial charge >= 0.3 is 0 Å². The molecule has 0 radical (unpaired) electrons. The standard InChI is InChI=1S/C18H23N3O2/c1-14-11-20-18(16-7-8-16)21(14)10-9-19-17(22)13-23-12-15-5-3-2-4-6-15/h2-6,11,16H,7-10,12-13H2,1H3,(H,19,22). The normalized spacial score (nSPS) is 14.0. The number of carbonyl (C=O) groups excluding carboxylic acids is 1. The first-order valence-electron chi connectivity index (χ1n) is 8.14. The van der Waals surface area contributed by atoms with Crippen molar-refractivity contribution in [1.29, 1.82) is 0 Å². The summed E-state index contributed by atoms with van der Waals surface area (Å²) < 4.78 is 7.64. The zero-order valence-electron chi connectivity index (χ0n) is 13.5. The summed E-state index contributed by atoms with van der Waals surface area (Å²) in [5, 5.41) is 2.91. The van der Waals surface area contributed by atoms with Gasteiger partial charge in [-0.2, -0.15) is 0 Å². The number of nitrogens with one attached hydrogen (secondary N) is 1. The fourth-order valence-electron chi connectivity index (χ4n) is 2.63. The second kappa shape index (κ2) is 7.42. The van der Waals surface area contributed by atoms with Crippen molar-refractivity contribution in [3.8, 4) is 0 Å². The van der Waals surface area contributed by atoms with Gasteiger partial charge in [-0.05, 0) is 25.3 Å². The third-order valence-electron chi connectivity index (χ3n) is 4.03. The average molecular weight is 313 g/mol. The third kappa shape index (κ3) is 4.42. The summed E-state index contributed by atoms with van der Waals surface area (Å²) >= 11 is 0. The maximum absolute atomic E-state index is 11.8. The molecule has 0 unspecified atom stereocenters. The van der Waals surface area contributed by atoms with Gasteiger partial charge in [-0.15, -0.1) is 0 Å². The molecule has 1 aliphatic carbocycles. The molecule has 0 saturated heterocycles. The van der Waals surface area contributed by atoms with Crippen LogP contribution in [0.3, 0.4) is 0 Å². The van der Waals surface area contributed by atoms with Crippen molar-refractivity contribution in [1.82, 2.24) is 14.9 Å². The number of amides is 1. The second-order valence-electron chi connectivity index (χ2n) is 6.01. The summed E-state index contributed by atoms with van der Waals surface area (Å²) in [4.78, 5) is 16.3. The van der Waals surface area contributed by atoms with Crippen LogP contribution in [0, 0.1) is 6.92 Å². The summed E-state index contributed by atoms with van der Waals surface area (Å²) in [6, 6.07) is 9.86. The van der Waals surface area contributed by atoms with Crippen molar-refractivity contribution in [3.05, 3.63) is 53.6 Å². The number of carbonyl (C=O) groups is 1. The van der Waals surface area contributed by atoms with E-state index in [1.165, 1.54) is 12.8 Å². The number of aryl methyl sites for hydroxylation is 1. The predicted molar refractivity (Wildman–Crippen MR) is 88.0 cm³/mol. The summed E-state index contributed by atoms with van der Waals surface area (Å²) in [5.74, 6) is 1.71. The van der Waals surface area contributed by atoms with E-state index in [1.807, 2.05) is 36.5 Å². The minimum absolute atomic E-state index is 0.0772. The summed E-state index contributed by atoms with van der Waals surface area (Å²) in [6.07, 6.45) is 4.38. The lowest BCUT2D eigenvalue weighted by atomic mass is 10.2. The molecule has 1 saturated carbocycles. The Morgan fingerprint density at radius 2 is 2.13 bits per heavy atom. The summed E-state index contributed by atoms with van der Waals surface area (Å²) in [7, 11) is 0. The molecule has 5 nitrogen and oxygen atoms in total. The van der Waals surface area contributed by atoms with Crippen molar-refractivity contribution >= 4 is 5.91 Å². The second-order valence-corrected chi connectivity index (χ2v) is 6.01. The van der Waals surface area contributed by atoms with Crippen LogP contribution < -0.4 is 5.32 Å². The molecule has 1 aromatic heterocycles. The maximum atomic E-state index is 11.8. The largest absolute Gasteiger partial charge is 0.367 e. The number of hydrogen-bond donors (Lipinski definition) is 1. The van der Waals surface area contributed by atoms with Crippen molar-refractivity contribution in [2.24, 2.45) is 0 Å². The molecule has 122 valence electrons. The van der Waals surface area contributed by atoms with E-state index < -0.39 is 0 Å². The SMILES string of the molecule is Cc1cnc(C2CC2)n1CCNC(=O)COCc1ccccc1. The summed E-state index contributed by atoms with van der Waals surface area (Å²) in [6.45, 7) is 3.98. The number of nitrogens with zero attached hydrogens (tertiary/aromatic N) is 2. The predicted octanol–water partition coefficient (Wildman–Crippen LogP) is 2.40. The van der Waals surface area contributed by atoms with Crippen LogP contribution in [-0.4, -0.2) is 28.6 Å². The van der Waals surface area contributed by atoms with Gasteiger partial charge in [0.25, 0.3) is 0 Å². The first-order chi connectivity index (χ1) is 11.2. The van der Waals surface area contributed by atoms with Gasteiger partial charge in [0, 0.05) is 30.9 Å². The molecule has 0 atom stereocenters.